The molecule has 19 aliphatic carbocycles. The molecular formula is C115H182O27. The number of carbonyl (C=O) groups excluding carboxylic acids is 12. The molecular weight excluding hydrogens is 1810 g/mol. The zero-order valence-corrected chi connectivity index (χ0v) is 91.6. The Morgan fingerprint density at radius 3 is 1.13 bits per heavy atom. The van der Waals surface area contributed by atoms with Crippen LogP contribution < -0.4 is 0 Å². The van der Waals surface area contributed by atoms with Crippen LogP contribution in [0.15, 0.2) is 0 Å². The molecule has 23 rings (SSSR count). The molecule has 27 nitrogen and oxygen atoms in total. The second-order valence-corrected chi connectivity index (χ2v) is 53.4. The number of carbonyl (C=O) groups is 12. The van der Waals surface area contributed by atoms with E-state index in [1.165, 1.54) is 103 Å². The van der Waals surface area contributed by atoms with Crippen LogP contribution in [0.3, 0.4) is 0 Å². The fourth-order valence-corrected chi connectivity index (χ4v) is 29.5. The minimum atomic E-state index is -0.717. The van der Waals surface area contributed by atoms with Crippen molar-refractivity contribution in [2.75, 3.05) is 20.3 Å². The minimum Gasteiger partial charge on any atom is -0.469 e. The quantitative estimate of drug-likeness (QED) is 0.0519. The summed E-state index contributed by atoms with van der Waals surface area (Å²) in [5, 5.41) is 21.3. The Morgan fingerprint density at radius 2 is 0.739 bits per heavy atom. The lowest BCUT2D eigenvalue weighted by molar-refractivity contribution is -0.226. The van der Waals surface area contributed by atoms with Crippen molar-refractivity contribution in [3.63, 3.8) is 0 Å². The first-order chi connectivity index (χ1) is 66.1. The van der Waals surface area contributed by atoms with E-state index in [0.29, 0.717) is 74.0 Å². The normalized spacial score (nSPS) is 37.5. The van der Waals surface area contributed by atoms with Crippen molar-refractivity contribution in [2.24, 2.45) is 138 Å². The van der Waals surface area contributed by atoms with Gasteiger partial charge in [0.2, 0.25) is 0 Å². The van der Waals surface area contributed by atoms with Crippen molar-refractivity contribution in [3.05, 3.63) is 0 Å². The van der Waals surface area contributed by atoms with Gasteiger partial charge in [0, 0.05) is 30.1 Å². The first kappa shape index (κ1) is 113. The molecule has 4 heterocycles. The van der Waals surface area contributed by atoms with Crippen molar-refractivity contribution >= 4 is 71.6 Å². The number of rotatable bonds is 29. The summed E-state index contributed by atoms with van der Waals surface area (Å²) in [6, 6.07) is 0. The molecule has 804 valence electrons. The van der Waals surface area contributed by atoms with Gasteiger partial charge in [-0.1, -0.05) is 62.3 Å². The van der Waals surface area contributed by atoms with Crippen molar-refractivity contribution < 1.29 is 129 Å². The van der Waals surface area contributed by atoms with E-state index in [1.54, 1.807) is 27.7 Å². The van der Waals surface area contributed by atoms with E-state index >= 15 is 0 Å². The Bertz CT molecular complexity index is 4400. The Hall–Kier alpha value is -6.48. The molecule has 27 heteroatoms. The van der Waals surface area contributed by atoms with Gasteiger partial charge >= 0.3 is 71.6 Å². The van der Waals surface area contributed by atoms with Gasteiger partial charge in [-0.25, -0.2) is 9.59 Å². The second-order valence-electron chi connectivity index (χ2n) is 53.4. The molecule has 19 saturated carbocycles. The fraction of sp³-hybridized carbons (Fsp3) is 0.896. The molecule has 23 aliphatic rings. The maximum atomic E-state index is 12.6. The predicted molar refractivity (Wildman–Crippen MR) is 529 cm³/mol. The van der Waals surface area contributed by atoms with Gasteiger partial charge in [0.15, 0.2) is 25.4 Å². The summed E-state index contributed by atoms with van der Waals surface area (Å²) < 4.78 is 71.9. The fourth-order valence-electron chi connectivity index (χ4n) is 29.5. The minimum absolute atomic E-state index is 0.00857. The first-order valence-electron chi connectivity index (χ1n) is 55.6. The molecule has 2 N–H and O–H groups in total. The Balaban J connectivity index is 0.000000140. The number of ether oxygens (including phenoxy) is 13. The van der Waals surface area contributed by atoms with Crippen LogP contribution in [0.4, 0.5) is 0 Å². The maximum Gasteiger partial charge on any atom is 0.344 e. The molecule has 0 radical (unpaired) electrons. The number of hydrogen-bond donors (Lipinski definition) is 2. The molecule has 15 unspecified atom stereocenters. The molecule has 142 heavy (non-hydrogen) atoms. The van der Waals surface area contributed by atoms with Gasteiger partial charge in [-0.15, -0.1) is 0 Å². The van der Waals surface area contributed by atoms with Crippen LogP contribution in [-0.4, -0.2) is 178 Å². The predicted octanol–water partition coefficient (Wildman–Crippen LogP) is 20.8. The summed E-state index contributed by atoms with van der Waals surface area (Å²) >= 11 is 0. The number of hydrogen-bond acceptors (Lipinski definition) is 27. The summed E-state index contributed by atoms with van der Waals surface area (Å²) in [7, 11) is 1.27. The third-order valence-corrected chi connectivity index (χ3v) is 40.1. The highest BCUT2D eigenvalue weighted by Gasteiger charge is 2.72. The highest BCUT2D eigenvalue weighted by atomic mass is 16.7. The molecule has 0 spiro atoms. The molecule has 23 fully saturated rings. The van der Waals surface area contributed by atoms with Gasteiger partial charge in [0.05, 0.1) is 80.1 Å². The van der Waals surface area contributed by atoms with Crippen molar-refractivity contribution in [1.29, 1.82) is 0 Å². The van der Waals surface area contributed by atoms with Crippen LogP contribution in [0.2, 0.25) is 0 Å². The highest BCUT2D eigenvalue weighted by Crippen LogP contribution is 2.67. The average molecular weight is 2000 g/mol. The molecule has 4 saturated heterocycles. The summed E-state index contributed by atoms with van der Waals surface area (Å²) in [5.41, 5.74) is -5.32. The van der Waals surface area contributed by atoms with E-state index in [-0.39, 0.29) is 115 Å². The van der Waals surface area contributed by atoms with E-state index in [2.05, 4.69) is 41.5 Å². The standard InChI is InChI=1S/C19H32O2.C18H24O8.C18H30O2.2C16H26O3.C15H20O7.C13H24O2/c1-6-17(2,3)16(20)21-18(4,5)19-10-13-7-14(11-19)9-15(8-13)12-19;1-5-18(2,3)17(22)24-7-10(19)25-13-8-6-9-12(11(8)15(20)23-4)16(21)26-14(9)13;1-5-17(3,4)16(19)20-18(6-2)14-8-12-7-13(10-14)11-15(18)9-12;2*1-4-14(2,3)13(17)19-16-8-11-5-12(9-16)7-15(18,6-11)10-16;1-4-15(2,3)14(18)19-6-9(16)21-11-8-5-7-10(20-8)12(11)22-13(7)17;1-5-12(3,4)11(14)15-13(6-2)9-7-8-10-13/h13-15H,6-12H2,1-5H3;8-9,11-14H,5-7H2,1-4H3;12-15H,5-11H2,1-4H3;2*11-12,18H,4-10H2,1-3H3;7-8,10-12H,4-6H2,1-3H3;5-10H2,1-4H3. The van der Waals surface area contributed by atoms with E-state index in [1.807, 2.05) is 104 Å². The van der Waals surface area contributed by atoms with Crippen LogP contribution >= 0.6 is 0 Å². The number of aliphatic hydroxyl groups is 2. The van der Waals surface area contributed by atoms with Crippen molar-refractivity contribution in [2.45, 2.75) is 493 Å². The lowest BCUT2D eigenvalue weighted by Crippen LogP contribution is -2.61. The Morgan fingerprint density at radius 1 is 0.373 bits per heavy atom. The van der Waals surface area contributed by atoms with Gasteiger partial charge in [-0.2, -0.15) is 0 Å². The number of methoxy groups -OCH3 is 1. The molecule has 4 aliphatic heterocycles. The Labute approximate surface area is 847 Å². The molecule has 0 aromatic carbocycles. The largest absolute Gasteiger partial charge is 0.469 e. The van der Waals surface area contributed by atoms with Crippen molar-refractivity contribution in [1.82, 2.24) is 0 Å². The molecule has 0 aromatic heterocycles. The highest BCUT2D eigenvalue weighted by molar-refractivity contribution is 5.87. The van der Waals surface area contributed by atoms with Gasteiger partial charge in [-0.05, 0) is 407 Å². The van der Waals surface area contributed by atoms with Gasteiger partial charge in [0.1, 0.15) is 46.3 Å². The van der Waals surface area contributed by atoms with Gasteiger partial charge in [0.25, 0.3) is 0 Å². The maximum absolute atomic E-state index is 12.6. The van der Waals surface area contributed by atoms with E-state index < -0.39 is 118 Å². The summed E-state index contributed by atoms with van der Waals surface area (Å²) in [6.45, 7) is 48.5. The van der Waals surface area contributed by atoms with E-state index in [9.17, 15) is 67.7 Å². The Kier molecular flexibility index (Phi) is 33.5. The van der Waals surface area contributed by atoms with E-state index in [0.717, 1.165) is 139 Å². The lowest BCUT2D eigenvalue weighted by atomic mass is 9.46. The summed E-state index contributed by atoms with van der Waals surface area (Å²) in [6.07, 6.45) is 36.0. The summed E-state index contributed by atoms with van der Waals surface area (Å²) in [4.78, 5) is 145. The lowest BCUT2D eigenvalue weighted by Gasteiger charge is -2.61. The third kappa shape index (κ3) is 23.4. The molecule has 20 bridgehead atoms. The van der Waals surface area contributed by atoms with Gasteiger partial charge in [-0.3, -0.25) is 47.9 Å². The average Bonchev–Trinajstić information content (AvgIpc) is 1.63. The molecule has 15 atom stereocenters. The van der Waals surface area contributed by atoms with Gasteiger partial charge < -0.3 is 71.8 Å². The van der Waals surface area contributed by atoms with Crippen LogP contribution in [0.25, 0.3) is 0 Å². The zero-order valence-electron chi connectivity index (χ0n) is 91.6. The van der Waals surface area contributed by atoms with Crippen molar-refractivity contribution in [3.8, 4) is 0 Å². The van der Waals surface area contributed by atoms with Crippen LogP contribution in [0, 0.1) is 138 Å². The van der Waals surface area contributed by atoms with Crippen LogP contribution in [0.5, 0.6) is 0 Å². The number of esters is 12. The third-order valence-electron chi connectivity index (χ3n) is 40.1. The smallest absolute Gasteiger partial charge is 0.344 e. The monoisotopic (exact) mass is 2000 g/mol. The second kappa shape index (κ2) is 42.2. The topological polar surface area (TPSA) is 365 Å². The molecule has 0 aromatic rings. The van der Waals surface area contributed by atoms with Crippen LogP contribution in [0.1, 0.15) is 417 Å². The SMILES string of the molecule is CCC(C)(C)C(=O)OC(C)(C)C12CC3CC(CC(C3)C1)C2.CCC(C)(C)C(=O)OC1(CC)C2CC3CC(C2)CC1C3.CCC(C)(C)C(=O)OC12CC3CC(CC(O)(C3)C1)C2.CCC(C)(C)C(=O)OC12CC3CC(CC(O)(C3)C1)C2.CCC(C)(C)C(=O)OCC(=O)OC1C2CC3C(=O)OC1C3O2.CCC(C)(C)C(=O)OCC(=O)OC1C2CC3C1OC(=O)C3C2C(=O)OC.CCC1(OC(=O)C(C)(C)CC)CCCC1. The first-order valence-corrected chi connectivity index (χ1v) is 55.6. The zero-order chi connectivity index (χ0) is 105. The van der Waals surface area contributed by atoms with Crippen LogP contribution in [-0.2, 0) is 119 Å². The van der Waals surface area contributed by atoms with E-state index in [4.69, 9.17) is 61.6 Å². The summed E-state index contributed by atoms with van der Waals surface area (Å²) in [5.74, 6) is 2.53. The molecule has 0 amide bonds. The number of fused-ring (bicyclic) bond motifs is 2.